The first kappa shape index (κ1) is 13.8. The second-order valence-corrected chi connectivity index (χ2v) is 4.97. The Morgan fingerprint density at radius 2 is 2.42 bits per heavy atom. The molecule has 1 amide bonds. The summed E-state index contributed by atoms with van der Waals surface area (Å²) >= 11 is 0. The number of nitrogens with zero attached hydrogens (tertiary/aromatic N) is 2. The molecule has 0 unspecified atom stereocenters. The normalized spacial score (nSPS) is 19.4. The summed E-state index contributed by atoms with van der Waals surface area (Å²) in [5.74, 6) is 0.479. The smallest absolute Gasteiger partial charge is 0.255 e. The van der Waals surface area contributed by atoms with Gasteiger partial charge in [0.15, 0.2) is 0 Å². The Labute approximate surface area is 113 Å². The summed E-state index contributed by atoms with van der Waals surface area (Å²) in [6, 6.07) is 1.47. The van der Waals surface area contributed by atoms with Gasteiger partial charge in [-0.05, 0) is 31.2 Å². The first-order chi connectivity index (χ1) is 9.20. The molecule has 1 fully saturated rings. The highest BCUT2D eigenvalue weighted by atomic mass is 16.5. The summed E-state index contributed by atoms with van der Waals surface area (Å²) in [4.78, 5) is 18.0. The topological polar surface area (TPSA) is 62.7 Å². The van der Waals surface area contributed by atoms with Crippen LogP contribution in [0.4, 0.5) is 0 Å². The van der Waals surface area contributed by atoms with E-state index >= 15 is 0 Å². The maximum absolute atomic E-state index is 12.3. The summed E-state index contributed by atoms with van der Waals surface area (Å²) < 4.78 is 5.09. The van der Waals surface area contributed by atoms with Gasteiger partial charge >= 0.3 is 0 Å². The van der Waals surface area contributed by atoms with Gasteiger partial charge in [-0.2, -0.15) is 0 Å². The Bertz CT molecular complexity index is 436. The third-order valence-corrected chi connectivity index (χ3v) is 3.51. The van der Waals surface area contributed by atoms with Crippen LogP contribution in [-0.4, -0.2) is 47.7 Å². The molecule has 1 aliphatic rings. The number of piperidine rings is 1. The van der Waals surface area contributed by atoms with Crippen LogP contribution in [0.2, 0.25) is 0 Å². The van der Waals surface area contributed by atoms with Crippen LogP contribution in [0, 0.1) is 5.92 Å². The van der Waals surface area contributed by atoms with Crippen molar-refractivity contribution in [3.05, 3.63) is 24.0 Å². The average molecular weight is 264 g/mol. The zero-order valence-electron chi connectivity index (χ0n) is 11.2. The molecule has 1 aliphatic heterocycles. The van der Waals surface area contributed by atoms with Gasteiger partial charge in [-0.15, -0.1) is 0 Å². The van der Waals surface area contributed by atoms with Crippen LogP contribution in [0.15, 0.2) is 18.5 Å². The van der Waals surface area contributed by atoms with Crippen molar-refractivity contribution in [2.45, 2.75) is 19.3 Å². The van der Waals surface area contributed by atoms with Crippen LogP contribution >= 0.6 is 0 Å². The van der Waals surface area contributed by atoms with E-state index in [1.807, 2.05) is 4.90 Å². The molecular formula is C14H20N2O3. The number of hydrogen-bond acceptors (Lipinski definition) is 4. The SMILES string of the molecule is COCC[C@H]1CCCN(C(=O)c2cncc(O)c2)C1. The lowest BCUT2D eigenvalue weighted by Gasteiger charge is -2.32. The van der Waals surface area contributed by atoms with Gasteiger partial charge in [0, 0.05) is 33.0 Å². The van der Waals surface area contributed by atoms with Crippen LogP contribution in [0.3, 0.4) is 0 Å². The molecule has 2 heterocycles. The van der Waals surface area contributed by atoms with E-state index in [-0.39, 0.29) is 11.7 Å². The second kappa shape index (κ2) is 6.52. The Kier molecular flexibility index (Phi) is 4.74. The number of hydrogen-bond donors (Lipinski definition) is 1. The average Bonchev–Trinajstić information content (AvgIpc) is 2.44. The number of pyridine rings is 1. The zero-order chi connectivity index (χ0) is 13.7. The maximum Gasteiger partial charge on any atom is 0.255 e. The predicted molar refractivity (Wildman–Crippen MR) is 71.0 cm³/mol. The highest BCUT2D eigenvalue weighted by Crippen LogP contribution is 2.21. The van der Waals surface area contributed by atoms with Crippen LogP contribution in [0.1, 0.15) is 29.6 Å². The van der Waals surface area contributed by atoms with Crippen LogP contribution in [0.25, 0.3) is 0 Å². The fourth-order valence-electron chi connectivity index (χ4n) is 2.50. The van der Waals surface area contributed by atoms with E-state index in [1.165, 1.54) is 18.5 Å². The molecule has 5 heteroatoms. The van der Waals surface area contributed by atoms with Gasteiger partial charge in [0.1, 0.15) is 5.75 Å². The molecule has 19 heavy (non-hydrogen) atoms. The molecule has 0 aromatic carbocycles. The van der Waals surface area contributed by atoms with E-state index in [4.69, 9.17) is 4.74 Å². The standard InChI is InChI=1S/C14H20N2O3/c1-19-6-4-11-3-2-5-16(10-11)14(18)12-7-13(17)9-15-8-12/h7-9,11,17H,2-6,10H2,1H3/t11-/m1/s1. The van der Waals surface area contributed by atoms with Crippen LogP contribution in [-0.2, 0) is 4.74 Å². The summed E-state index contributed by atoms with van der Waals surface area (Å²) in [5.41, 5.74) is 0.451. The number of ether oxygens (including phenoxy) is 1. The minimum Gasteiger partial charge on any atom is -0.506 e. The van der Waals surface area contributed by atoms with Crippen molar-refractivity contribution in [3.8, 4) is 5.75 Å². The van der Waals surface area contributed by atoms with Crippen molar-refractivity contribution in [1.29, 1.82) is 0 Å². The molecule has 1 saturated heterocycles. The molecule has 1 aromatic rings. The summed E-state index contributed by atoms with van der Waals surface area (Å²) in [5, 5.41) is 9.38. The minimum absolute atomic E-state index is 0.0267. The lowest BCUT2D eigenvalue weighted by Crippen LogP contribution is -2.40. The van der Waals surface area contributed by atoms with Gasteiger partial charge in [-0.3, -0.25) is 9.78 Å². The molecule has 0 aliphatic carbocycles. The fourth-order valence-corrected chi connectivity index (χ4v) is 2.50. The van der Waals surface area contributed by atoms with Crippen LogP contribution in [0.5, 0.6) is 5.75 Å². The van der Waals surface area contributed by atoms with E-state index in [0.717, 1.165) is 39.0 Å². The molecule has 2 rings (SSSR count). The van der Waals surface area contributed by atoms with Crippen molar-refractivity contribution in [1.82, 2.24) is 9.88 Å². The number of amides is 1. The van der Waals surface area contributed by atoms with E-state index in [1.54, 1.807) is 7.11 Å². The van der Waals surface area contributed by atoms with Crippen molar-refractivity contribution >= 4 is 5.91 Å². The van der Waals surface area contributed by atoms with Gasteiger partial charge in [0.2, 0.25) is 0 Å². The number of carbonyl (C=O) groups is 1. The molecule has 0 radical (unpaired) electrons. The van der Waals surface area contributed by atoms with Crippen LogP contribution < -0.4 is 0 Å². The number of methoxy groups -OCH3 is 1. The third-order valence-electron chi connectivity index (χ3n) is 3.51. The van der Waals surface area contributed by atoms with Crippen molar-refractivity contribution < 1.29 is 14.6 Å². The highest BCUT2D eigenvalue weighted by Gasteiger charge is 2.24. The van der Waals surface area contributed by atoms with E-state index in [0.29, 0.717) is 11.5 Å². The number of carbonyl (C=O) groups excluding carboxylic acids is 1. The first-order valence-corrected chi connectivity index (χ1v) is 6.63. The summed E-state index contributed by atoms with van der Waals surface area (Å²) in [6.45, 7) is 2.27. The van der Waals surface area contributed by atoms with Crippen molar-refractivity contribution in [2.75, 3.05) is 26.8 Å². The first-order valence-electron chi connectivity index (χ1n) is 6.63. The predicted octanol–water partition coefficient (Wildman–Crippen LogP) is 1.68. The Morgan fingerprint density at radius 3 is 3.16 bits per heavy atom. The molecule has 5 nitrogen and oxygen atoms in total. The van der Waals surface area contributed by atoms with E-state index < -0.39 is 0 Å². The van der Waals surface area contributed by atoms with Gasteiger partial charge in [0.05, 0.1) is 11.8 Å². The molecule has 1 aromatic heterocycles. The van der Waals surface area contributed by atoms with Gasteiger partial charge < -0.3 is 14.7 Å². The van der Waals surface area contributed by atoms with Crippen molar-refractivity contribution in [3.63, 3.8) is 0 Å². The zero-order valence-corrected chi connectivity index (χ0v) is 11.2. The largest absolute Gasteiger partial charge is 0.506 e. The molecule has 0 spiro atoms. The summed E-state index contributed by atoms with van der Waals surface area (Å²) in [7, 11) is 1.70. The molecule has 1 atom stereocenters. The Morgan fingerprint density at radius 1 is 1.58 bits per heavy atom. The highest BCUT2D eigenvalue weighted by molar-refractivity contribution is 5.94. The number of likely N-dealkylation sites (tertiary alicyclic amines) is 1. The van der Waals surface area contributed by atoms with E-state index in [2.05, 4.69) is 4.98 Å². The molecule has 0 bridgehead atoms. The number of aromatic nitrogens is 1. The lowest BCUT2D eigenvalue weighted by atomic mass is 9.95. The molecule has 1 N–H and O–H groups in total. The summed E-state index contributed by atoms with van der Waals surface area (Å²) in [6.07, 6.45) is 5.98. The quantitative estimate of drug-likeness (QED) is 0.898. The number of aromatic hydroxyl groups is 1. The minimum atomic E-state index is -0.0504. The van der Waals surface area contributed by atoms with Gasteiger partial charge in [-0.25, -0.2) is 0 Å². The number of rotatable bonds is 4. The molecule has 0 saturated carbocycles. The lowest BCUT2D eigenvalue weighted by molar-refractivity contribution is 0.0641. The Balaban J connectivity index is 1.99. The Hall–Kier alpha value is -1.62. The maximum atomic E-state index is 12.3. The monoisotopic (exact) mass is 264 g/mol. The van der Waals surface area contributed by atoms with Gasteiger partial charge in [0.25, 0.3) is 5.91 Å². The second-order valence-electron chi connectivity index (χ2n) is 4.97. The fraction of sp³-hybridized carbons (Fsp3) is 0.571. The molecular weight excluding hydrogens is 244 g/mol. The third kappa shape index (κ3) is 3.67. The van der Waals surface area contributed by atoms with Gasteiger partial charge in [-0.1, -0.05) is 0 Å². The van der Waals surface area contributed by atoms with Crippen molar-refractivity contribution in [2.24, 2.45) is 5.92 Å². The molecule has 104 valence electrons. The van der Waals surface area contributed by atoms with E-state index in [9.17, 15) is 9.90 Å².